The van der Waals surface area contributed by atoms with Gasteiger partial charge in [-0.25, -0.2) is 0 Å². The highest BCUT2D eigenvalue weighted by molar-refractivity contribution is 7.18. The first-order chi connectivity index (χ1) is 15.5. The second-order valence-electron chi connectivity index (χ2n) is 7.56. The summed E-state index contributed by atoms with van der Waals surface area (Å²) in [5.41, 5.74) is 2.72. The lowest BCUT2D eigenvalue weighted by Crippen LogP contribution is -2.23. The number of hydrogen-bond donors (Lipinski definition) is 1. The van der Waals surface area contributed by atoms with Crippen molar-refractivity contribution in [1.29, 1.82) is 0 Å². The van der Waals surface area contributed by atoms with E-state index in [9.17, 15) is 9.90 Å². The Morgan fingerprint density at radius 2 is 1.91 bits per heavy atom. The summed E-state index contributed by atoms with van der Waals surface area (Å²) in [5.74, 6) is 1.58. The van der Waals surface area contributed by atoms with E-state index >= 15 is 0 Å². The molecule has 0 bridgehead atoms. The highest BCUT2D eigenvalue weighted by Crippen LogP contribution is 2.39. The Balaban J connectivity index is 1.83. The van der Waals surface area contributed by atoms with Crippen LogP contribution in [0.2, 0.25) is 0 Å². The molecule has 2 aromatic carbocycles. The molecule has 0 atom stereocenters. The van der Waals surface area contributed by atoms with Gasteiger partial charge >= 0.3 is 0 Å². The number of aryl methyl sites for hydroxylation is 1. The average Bonchev–Trinajstić information content (AvgIpc) is 3.28. The molecule has 162 valence electrons. The Bertz CT molecular complexity index is 1450. The Morgan fingerprint density at radius 3 is 2.66 bits per heavy atom. The van der Waals surface area contributed by atoms with Crippen molar-refractivity contribution in [2.24, 2.45) is 0 Å². The summed E-state index contributed by atoms with van der Waals surface area (Å²) in [6, 6.07) is 15.1. The van der Waals surface area contributed by atoms with Crippen LogP contribution in [0.15, 0.2) is 53.3 Å². The zero-order chi connectivity index (χ0) is 22.4. The summed E-state index contributed by atoms with van der Waals surface area (Å²) in [4.78, 5) is 19.4. The fraction of sp³-hybridized carbons (Fsp3) is 0.200. The molecule has 3 heterocycles. The minimum atomic E-state index is -0.279. The smallest absolute Gasteiger partial charge is 0.281 e. The minimum absolute atomic E-state index is 0.0328. The average molecular weight is 447 g/mol. The van der Waals surface area contributed by atoms with Crippen LogP contribution in [0.5, 0.6) is 11.5 Å². The van der Waals surface area contributed by atoms with E-state index in [1.807, 2.05) is 34.9 Å². The molecule has 0 saturated heterocycles. The van der Waals surface area contributed by atoms with Crippen LogP contribution < -0.4 is 15.0 Å². The third-order valence-electron chi connectivity index (χ3n) is 5.78. The number of aliphatic hydroxyl groups excluding tert-OH is 1. The van der Waals surface area contributed by atoms with Crippen LogP contribution in [0.3, 0.4) is 0 Å². The second kappa shape index (κ2) is 7.84. The standard InChI is InChI=1S/C25H22N2O4S/c1-4-16-12-18-24(29)26-23-21(22(28)14-9-10-19(30-2)20(11-14)31-3)17-8-6-5-7-15(17)13-27(23)25(18)32-16/h5-12,28H,4,13H2,1-3H3/b22-21+. The van der Waals surface area contributed by atoms with Gasteiger partial charge in [-0.2, -0.15) is 4.98 Å². The topological polar surface area (TPSA) is 73.6 Å². The third-order valence-corrected chi connectivity index (χ3v) is 7.09. The van der Waals surface area contributed by atoms with E-state index in [2.05, 4.69) is 11.9 Å². The van der Waals surface area contributed by atoms with Gasteiger partial charge < -0.3 is 19.1 Å². The first-order valence-corrected chi connectivity index (χ1v) is 11.1. The van der Waals surface area contributed by atoms with Gasteiger partial charge in [0.2, 0.25) is 0 Å². The largest absolute Gasteiger partial charge is 0.507 e. The summed E-state index contributed by atoms with van der Waals surface area (Å²) in [7, 11) is 3.12. The molecule has 2 aromatic heterocycles. The molecule has 0 fully saturated rings. The number of fused-ring (bicyclic) bond motifs is 4. The second-order valence-corrected chi connectivity index (χ2v) is 8.68. The van der Waals surface area contributed by atoms with Gasteiger partial charge in [0, 0.05) is 10.4 Å². The molecule has 6 nitrogen and oxygen atoms in total. The van der Waals surface area contributed by atoms with Gasteiger partial charge in [-0.05, 0) is 41.8 Å². The van der Waals surface area contributed by atoms with E-state index in [0.717, 1.165) is 27.3 Å². The number of nitrogens with zero attached hydrogens (tertiary/aromatic N) is 2. The van der Waals surface area contributed by atoms with Crippen LogP contribution in [-0.4, -0.2) is 28.9 Å². The number of hydrogen-bond acceptors (Lipinski definition) is 6. The molecular formula is C25H22N2O4S. The number of aliphatic hydroxyl groups is 1. The maximum absolute atomic E-state index is 12.9. The van der Waals surface area contributed by atoms with E-state index in [0.29, 0.717) is 40.4 Å². The molecule has 0 saturated carbocycles. The zero-order valence-electron chi connectivity index (χ0n) is 18.0. The molecule has 0 amide bonds. The molecule has 0 radical (unpaired) electrons. The van der Waals surface area contributed by atoms with Crippen molar-refractivity contribution in [3.8, 4) is 11.5 Å². The lowest BCUT2D eigenvalue weighted by Gasteiger charge is -2.25. The van der Waals surface area contributed by atoms with Crippen molar-refractivity contribution >= 4 is 32.9 Å². The van der Waals surface area contributed by atoms with E-state index < -0.39 is 0 Å². The third kappa shape index (κ3) is 3.08. The Kier molecular flexibility index (Phi) is 4.98. The minimum Gasteiger partial charge on any atom is -0.507 e. The van der Waals surface area contributed by atoms with Gasteiger partial charge in [-0.15, -0.1) is 11.3 Å². The molecule has 0 spiro atoms. The molecule has 4 aromatic rings. The molecule has 7 heteroatoms. The van der Waals surface area contributed by atoms with E-state index in [1.165, 1.54) is 0 Å². The molecule has 1 N–H and O–H groups in total. The number of ether oxygens (including phenoxy) is 2. The van der Waals surface area contributed by atoms with E-state index in [1.54, 1.807) is 43.8 Å². The van der Waals surface area contributed by atoms with Gasteiger partial charge in [0.1, 0.15) is 16.4 Å². The molecule has 0 aliphatic carbocycles. The molecular weight excluding hydrogens is 424 g/mol. The highest BCUT2D eigenvalue weighted by Gasteiger charge is 2.28. The first kappa shape index (κ1) is 20.3. The first-order valence-electron chi connectivity index (χ1n) is 10.3. The van der Waals surface area contributed by atoms with Crippen LogP contribution in [0.4, 0.5) is 0 Å². The van der Waals surface area contributed by atoms with Gasteiger partial charge in [0.05, 0.1) is 31.7 Å². The lowest BCUT2D eigenvalue weighted by atomic mass is 9.92. The van der Waals surface area contributed by atoms with E-state index in [4.69, 9.17) is 9.47 Å². The number of aromatic nitrogens is 2. The predicted octanol–water partition coefficient (Wildman–Crippen LogP) is 4.87. The zero-order valence-corrected chi connectivity index (χ0v) is 18.8. The highest BCUT2D eigenvalue weighted by atomic mass is 32.1. The van der Waals surface area contributed by atoms with Gasteiger partial charge in [0.15, 0.2) is 11.5 Å². The van der Waals surface area contributed by atoms with Crippen molar-refractivity contribution in [3.05, 3.63) is 86.3 Å². The molecule has 0 unspecified atom stereocenters. The van der Waals surface area contributed by atoms with Crippen LogP contribution in [-0.2, 0) is 13.0 Å². The van der Waals surface area contributed by atoms with Crippen molar-refractivity contribution in [1.82, 2.24) is 9.55 Å². The number of benzene rings is 2. The quantitative estimate of drug-likeness (QED) is 0.399. The van der Waals surface area contributed by atoms with Crippen LogP contribution in [0, 0.1) is 0 Å². The summed E-state index contributed by atoms with van der Waals surface area (Å²) in [6.07, 6.45) is 0.851. The Hall–Kier alpha value is -3.58. The van der Waals surface area contributed by atoms with Crippen LogP contribution in [0.25, 0.3) is 21.5 Å². The van der Waals surface area contributed by atoms with Crippen LogP contribution in [0.1, 0.15) is 34.3 Å². The van der Waals surface area contributed by atoms with Gasteiger partial charge in [-0.3, -0.25) is 4.79 Å². The summed E-state index contributed by atoms with van der Waals surface area (Å²) < 4.78 is 12.8. The molecule has 1 aliphatic rings. The monoisotopic (exact) mass is 446 g/mol. The van der Waals surface area contributed by atoms with Gasteiger partial charge in [-0.1, -0.05) is 31.2 Å². The normalized spacial score (nSPS) is 14.1. The summed E-state index contributed by atoms with van der Waals surface area (Å²) >= 11 is 1.60. The number of thiophene rings is 1. The van der Waals surface area contributed by atoms with Crippen molar-refractivity contribution in [3.63, 3.8) is 0 Å². The Morgan fingerprint density at radius 1 is 1.12 bits per heavy atom. The molecule has 5 rings (SSSR count). The summed E-state index contributed by atoms with van der Waals surface area (Å²) in [5, 5.41) is 12.1. The van der Waals surface area contributed by atoms with Crippen LogP contribution >= 0.6 is 11.3 Å². The predicted molar refractivity (Wildman–Crippen MR) is 127 cm³/mol. The van der Waals surface area contributed by atoms with Gasteiger partial charge in [0.25, 0.3) is 5.56 Å². The van der Waals surface area contributed by atoms with E-state index in [-0.39, 0.29) is 11.3 Å². The fourth-order valence-electron chi connectivity index (χ4n) is 4.16. The molecule has 32 heavy (non-hydrogen) atoms. The number of rotatable bonds is 4. The fourth-order valence-corrected chi connectivity index (χ4v) is 5.25. The Labute approximate surface area is 189 Å². The SMILES string of the molecule is CCc1cc2c(=O)nc3n(c2s1)Cc1ccccc1/C3=C(\O)c1ccc(OC)c(OC)c1. The maximum atomic E-state index is 12.9. The van der Waals surface area contributed by atoms with Crippen molar-refractivity contribution in [2.45, 2.75) is 19.9 Å². The lowest BCUT2D eigenvalue weighted by molar-refractivity contribution is 0.354. The summed E-state index contributed by atoms with van der Waals surface area (Å²) in [6.45, 7) is 2.66. The van der Waals surface area contributed by atoms with Crippen molar-refractivity contribution < 1.29 is 14.6 Å². The van der Waals surface area contributed by atoms with Crippen molar-refractivity contribution in [2.75, 3.05) is 14.2 Å². The molecule has 1 aliphatic heterocycles. The maximum Gasteiger partial charge on any atom is 0.281 e. The number of methoxy groups -OCH3 is 2.